The predicted octanol–water partition coefficient (Wildman–Crippen LogP) is 5.12. The molecule has 34 heavy (non-hydrogen) atoms. The number of fused-ring (bicyclic) bond motifs is 1. The topological polar surface area (TPSA) is 125 Å². The molecule has 0 aliphatic carbocycles. The Morgan fingerprint density at radius 2 is 1.85 bits per heavy atom. The molecule has 172 valence electrons. The maximum atomic E-state index is 12.9. The first kappa shape index (κ1) is 22.7. The van der Waals surface area contributed by atoms with Crippen molar-refractivity contribution in [1.29, 1.82) is 0 Å². The van der Waals surface area contributed by atoms with Gasteiger partial charge in [0.25, 0.3) is 11.6 Å². The quantitative estimate of drug-likeness (QED) is 0.241. The summed E-state index contributed by atoms with van der Waals surface area (Å²) in [6.45, 7) is 4.64. The van der Waals surface area contributed by atoms with Gasteiger partial charge in [-0.15, -0.1) is 0 Å². The van der Waals surface area contributed by atoms with Gasteiger partial charge in [0.05, 0.1) is 16.0 Å². The summed E-state index contributed by atoms with van der Waals surface area (Å²) in [5, 5.41) is 14.4. The number of amides is 1. The molecule has 2 aromatic carbocycles. The number of rotatable bonds is 6. The summed E-state index contributed by atoms with van der Waals surface area (Å²) in [5.74, 6) is -0.220. The number of aromatic nitrogens is 1. The second-order valence-electron chi connectivity index (χ2n) is 7.77. The number of nitro benzene ring substituents is 1. The third-order valence-corrected chi connectivity index (χ3v) is 5.44. The molecule has 2 aromatic heterocycles. The second-order valence-corrected chi connectivity index (χ2v) is 7.77. The number of esters is 1. The summed E-state index contributed by atoms with van der Waals surface area (Å²) in [6, 6.07) is 15.1. The normalized spacial score (nSPS) is 10.8. The van der Waals surface area contributed by atoms with Crippen LogP contribution in [0.2, 0.25) is 0 Å². The minimum Gasteiger partial charge on any atom is -0.460 e. The molecule has 0 saturated heterocycles. The molecule has 0 unspecified atom stereocenters. The first-order valence-corrected chi connectivity index (χ1v) is 10.4. The number of benzene rings is 2. The van der Waals surface area contributed by atoms with E-state index in [2.05, 4.69) is 10.3 Å². The van der Waals surface area contributed by atoms with Crippen molar-refractivity contribution in [2.75, 3.05) is 11.9 Å². The van der Waals surface area contributed by atoms with E-state index in [9.17, 15) is 19.7 Å². The molecule has 4 aromatic rings. The van der Waals surface area contributed by atoms with Crippen molar-refractivity contribution in [3.8, 4) is 11.5 Å². The van der Waals surface area contributed by atoms with Gasteiger partial charge in [0.1, 0.15) is 17.1 Å². The lowest BCUT2D eigenvalue weighted by Crippen LogP contribution is -2.22. The lowest BCUT2D eigenvalue weighted by molar-refractivity contribution is -0.384. The number of para-hydroxylation sites is 1. The zero-order valence-electron chi connectivity index (χ0n) is 18.7. The van der Waals surface area contributed by atoms with Gasteiger partial charge in [-0.3, -0.25) is 14.9 Å². The fourth-order valence-electron chi connectivity index (χ4n) is 3.54. The number of carbonyl (C=O) groups excluding carboxylic acids is 2. The maximum Gasteiger partial charge on any atom is 0.339 e. The molecule has 1 N–H and O–H groups in total. The van der Waals surface area contributed by atoms with E-state index in [0.717, 1.165) is 5.56 Å². The van der Waals surface area contributed by atoms with Gasteiger partial charge >= 0.3 is 5.97 Å². The van der Waals surface area contributed by atoms with E-state index in [1.165, 1.54) is 6.07 Å². The SMILES string of the molecule is Cc1ccc(-c2cc(C(=O)OCC(=O)Nc3c([N+](=O)[O-])ccc(C)c3C)c3ccccc3n2)o1. The number of anilines is 1. The summed E-state index contributed by atoms with van der Waals surface area (Å²) >= 11 is 0. The van der Waals surface area contributed by atoms with E-state index < -0.39 is 23.4 Å². The zero-order chi connectivity index (χ0) is 24.4. The lowest BCUT2D eigenvalue weighted by Gasteiger charge is -2.12. The van der Waals surface area contributed by atoms with Crippen LogP contribution in [0.5, 0.6) is 0 Å². The third kappa shape index (κ3) is 4.49. The molecule has 9 nitrogen and oxygen atoms in total. The number of hydrogen-bond donors (Lipinski definition) is 1. The summed E-state index contributed by atoms with van der Waals surface area (Å²) in [7, 11) is 0. The Hall–Kier alpha value is -4.53. The molecule has 0 saturated carbocycles. The van der Waals surface area contributed by atoms with Crippen LogP contribution in [0.25, 0.3) is 22.4 Å². The molecule has 4 rings (SSSR count). The summed E-state index contributed by atoms with van der Waals surface area (Å²) in [4.78, 5) is 40.8. The number of pyridine rings is 1. The Morgan fingerprint density at radius 1 is 1.09 bits per heavy atom. The van der Waals surface area contributed by atoms with Crippen molar-refractivity contribution < 1.29 is 23.7 Å². The molecule has 0 fully saturated rings. The molecule has 0 bridgehead atoms. The van der Waals surface area contributed by atoms with Gasteiger partial charge in [0.15, 0.2) is 12.4 Å². The van der Waals surface area contributed by atoms with Gasteiger partial charge in [-0.1, -0.05) is 24.3 Å². The molecular formula is C25H21N3O6. The number of hydrogen-bond acceptors (Lipinski definition) is 7. The first-order valence-electron chi connectivity index (χ1n) is 10.4. The second kappa shape index (κ2) is 9.14. The highest BCUT2D eigenvalue weighted by Crippen LogP contribution is 2.30. The minimum atomic E-state index is -0.728. The highest BCUT2D eigenvalue weighted by Gasteiger charge is 2.21. The number of nitrogens with zero attached hydrogens (tertiary/aromatic N) is 2. The fourth-order valence-corrected chi connectivity index (χ4v) is 3.54. The fraction of sp³-hybridized carbons (Fsp3) is 0.160. The van der Waals surface area contributed by atoms with Crippen molar-refractivity contribution in [1.82, 2.24) is 4.98 Å². The highest BCUT2D eigenvalue weighted by molar-refractivity contribution is 6.05. The van der Waals surface area contributed by atoms with Gasteiger partial charge in [0, 0.05) is 11.5 Å². The van der Waals surface area contributed by atoms with Crippen molar-refractivity contribution in [3.63, 3.8) is 0 Å². The van der Waals surface area contributed by atoms with E-state index in [4.69, 9.17) is 9.15 Å². The third-order valence-electron chi connectivity index (χ3n) is 5.44. The standard InChI is InChI=1S/C25H21N3O6/c1-14-8-10-21(28(31)32)24(16(14)3)27-23(29)13-33-25(30)18-12-20(22-11-9-15(2)34-22)26-19-7-5-4-6-17(18)19/h4-12H,13H2,1-3H3,(H,27,29). The van der Waals surface area contributed by atoms with Crippen LogP contribution >= 0.6 is 0 Å². The summed E-state index contributed by atoms with van der Waals surface area (Å²) in [6.07, 6.45) is 0. The van der Waals surface area contributed by atoms with Gasteiger partial charge in [-0.25, -0.2) is 9.78 Å². The minimum absolute atomic E-state index is 0.0795. The molecule has 0 atom stereocenters. The molecule has 0 aliphatic heterocycles. The van der Waals surface area contributed by atoms with Crippen molar-refractivity contribution in [3.05, 3.63) is 87.2 Å². The van der Waals surface area contributed by atoms with Crippen LogP contribution in [0.15, 0.2) is 59.0 Å². The van der Waals surface area contributed by atoms with Gasteiger partial charge in [-0.05, 0) is 56.2 Å². The van der Waals surface area contributed by atoms with Gasteiger partial charge in [-0.2, -0.15) is 0 Å². The van der Waals surface area contributed by atoms with Gasteiger partial charge in [0.2, 0.25) is 0 Å². The van der Waals surface area contributed by atoms with Crippen LogP contribution in [0.3, 0.4) is 0 Å². The average Bonchev–Trinajstić information content (AvgIpc) is 3.26. The number of furan rings is 1. The predicted molar refractivity (Wildman–Crippen MR) is 126 cm³/mol. The number of nitrogens with one attached hydrogen (secondary N) is 1. The number of nitro groups is 1. The molecule has 0 aliphatic rings. The number of carbonyl (C=O) groups is 2. The molecular weight excluding hydrogens is 438 g/mol. The Kier molecular flexibility index (Phi) is 6.09. The van der Waals surface area contributed by atoms with Crippen LogP contribution in [0.1, 0.15) is 27.2 Å². The molecule has 9 heteroatoms. The highest BCUT2D eigenvalue weighted by atomic mass is 16.6. The smallest absolute Gasteiger partial charge is 0.339 e. The first-order chi connectivity index (χ1) is 16.2. The van der Waals surface area contributed by atoms with Crippen molar-refractivity contribution >= 4 is 34.2 Å². The zero-order valence-corrected chi connectivity index (χ0v) is 18.7. The van der Waals surface area contributed by atoms with E-state index >= 15 is 0 Å². The lowest BCUT2D eigenvalue weighted by atomic mass is 10.1. The summed E-state index contributed by atoms with van der Waals surface area (Å²) < 4.78 is 10.9. The number of ether oxygens (including phenoxy) is 1. The Bertz CT molecular complexity index is 1440. The molecule has 1 amide bonds. The Morgan fingerprint density at radius 3 is 2.56 bits per heavy atom. The van der Waals surface area contributed by atoms with Crippen LogP contribution in [-0.2, 0) is 9.53 Å². The van der Waals surface area contributed by atoms with Gasteiger partial charge < -0.3 is 14.5 Å². The molecule has 0 spiro atoms. The van der Waals surface area contributed by atoms with E-state index in [1.807, 2.05) is 0 Å². The number of aryl methyl sites for hydroxylation is 2. The maximum absolute atomic E-state index is 12.9. The van der Waals surface area contributed by atoms with E-state index in [0.29, 0.717) is 33.7 Å². The van der Waals surface area contributed by atoms with Crippen LogP contribution < -0.4 is 5.32 Å². The van der Waals surface area contributed by atoms with Crippen LogP contribution in [0.4, 0.5) is 11.4 Å². The average molecular weight is 459 g/mol. The Labute approximate surface area is 194 Å². The molecule has 0 radical (unpaired) electrons. The van der Waals surface area contributed by atoms with Crippen molar-refractivity contribution in [2.45, 2.75) is 20.8 Å². The van der Waals surface area contributed by atoms with E-state index in [1.54, 1.807) is 69.3 Å². The van der Waals surface area contributed by atoms with Crippen molar-refractivity contribution in [2.24, 2.45) is 0 Å². The Balaban J connectivity index is 1.57. The van der Waals surface area contributed by atoms with Crippen LogP contribution in [-0.4, -0.2) is 28.4 Å². The van der Waals surface area contributed by atoms with E-state index in [-0.39, 0.29) is 16.9 Å². The molecule has 2 heterocycles. The van der Waals surface area contributed by atoms with Crippen LogP contribution in [0, 0.1) is 30.9 Å². The largest absolute Gasteiger partial charge is 0.460 e. The summed E-state index contributed by atoms with van der Waals surface area (Å²) in [5.41, 5.74) is 2.43. The monoisotopic (exact) mass is 459 g/mol.